The Kier molecular flexibility index (Phi) is 9.96. The predicted molar refractivity (Wildman–Crippen MR) is 150 cm³/mol. The minimum absolute atomic E-state index is 0.0265. The SMILES string of the molecule is CCC(=O)NCCN1C(=O)C(C)(C)Oc2cc(C(F)(F)F)c(C(=O)N(C(C)C)[C@@H]3CCCN(C(=O)O)C3C(C)Cl)cc21. The number of nitrogens with one attached hydrogen (secondary N) is 1. The first-order valence-corrected chi connectivity index (χ1v) is 14.3. The normalized spacial score (nSPS) is 21.0. The Morgan fingerprint density at radius 2 is 1.88 bits per heavy atom. The Morgan fingerprint density at radius 3 is 2.40 bits per heavy atom. The summed E-state index contributed by atoms with van der Waals surface area (Å²) in [6.45, 7) is 9.50. The van der Waals surface area contributed by atoms with E-state index in [0.29, 0.717) is 12.8 Å². The highest BCUT2D eigenvalue weighted by Gasteiger charge is 2.47. The van der Waals surface area contributed by atoms with E-state index in [0.717, 1.165) is 17.0 Å². The number of ether oxygens (including phenoxy) is 1. The second kappa shape index (κ2) is 12.6. The zero-order valence-electron chi connectivity index (χ0n) is 24.5. The standard InChI is InChI=1S/C28H38ClF3N4O6/c1-7-22(37)33-10-12-34-20-13-17(18(28(30,31)32)14-21(20)42-27(5,6)25(34)39)24(38)36(15(2)3)19-9-8-11-35(26(40)41)23(19)16(4)29/h13-16,19,23H,7-12H2,1-6H3,(H,33,37)(H,40,41)/t16?,19-,23?/m1/s1. The first kappa shape index (κ1) is 33.3. The van der Waals surface area contributed by atoms with Crippen LogP contribution in [-0.4, -0.2) is 87.5 Å². The Morgan fingerprint density at radius 1 is 1.24 bits per heavy atom. The van der Waals surface area contributed by atoms with E-state index in [-0.39, 0.29) is 43.4 Å². The van der Waals surface area contributed by atoms with Crippen molar-refractivity contribution in [2.75, 3.05) is 24.5 Å². The fourth-order valence-electron chi connectivity index (χ4n) is 5.67. The van der Waals surface area contributed by atoms with Crippen LogP contribution in [0, 0.1) is 0 Å². The van der Waals surface area contributed by atoms with Crippen molar-refractivity contribution in [3.8, 4) is 5.75 Å². The van der Waals surface area contributed by atoms with E-state index in [2.05, 4.69) is 5.32 Å². The molecule has 0 spiro atoms. The second-order valence-electron chi connectivity index (χ2n) is 11.3. The number of hydrogen-bond acceptors (Lipinski definition) is 5. The number of carbonyl (C=O) groups excluding carboxylic acids is 3. The lowest BCUT2D eigenvalue weighted by atomic mass is 9.90. The molecule has 0 saturated carbocycles. The van der Waals surface area contributed by atoms with E-state index >= 15 is 0 Å². The predicted octanol–water partition coefficient (Wildman–Crippen LogP) is 4.72. The molecule has 1 saturated heterocycles. The lowest BCUT2D eigenvalue weighted by molar-refractivity contribution is -0.138. The van der Waals surface area contributed by atoms with Gasteiger partial charge in [0.05, 0.1) is 34.3 Å². The molecule has 0 bridgehead atoms. The molecular formula is C28H38ClF3N4O6. The lowest BCUT2D eigenvalue weighted by Gasteiger charge is -2.47. The number of fused-ring (bicyclic) bond motifs is 1. The maximum atomic E-state index is 14.5. The molecule has 1 fully saturated rings. The summed E-state index contributed by atoms with van der Waals surface area (Å²) in [4.78, 5) is 54.8. The van der Waals surface area contributed by atoms with Crippen molar-refractivity contribution >= 4 is 41.1 Å². The van der Waals surface area contributed by atoms with Gasteiger partial charge < -0.3 is 29.9 Å². The third-order valence-corrected chi connectivity index (χ3v) is 7.81. The van der Waals surface area contributed by atoms with Crippen LogP contribution < -0.4 is 15.0 Å². The van der Waals surface area contributed by atoms with Crippen LogP contribution >= 0.6 is 11.6 Å². The Balaban J connectivity index is 2.17. The maximum Gasteiger partial charge on any atom is 0.417 e. The molecule has 0 aliphatic carbocycles. The topological polar surface area (TPSA) is 119 Å². The molecule has 42 heavy (non-hydrogen) atoms. The summed E-state index contributed by atoms with van der Waals surface area (Å²) >= 11 is 6.42. The van der Waals surface area contributed by atoms with Crippen LogP contribution in [0.3, 0.4) is 0 Å². The van der Waals surface area contributed by atoms with Crippen molar-refractivity contribution in [3.05, 3.63) is 23.3 Å². The summed E-state index contributed by atoms with van der Waals surface area (Å²) in [6.07, 6.45) is -5.27. The monoisotopic (exact) mass is 618 g/mol. The Labute approximate surface area is 248 Å². The van der Waals surface area contributed by atoms with Crippen LogP contribution in [-0.2, 0) is 15.8 Å². The van der Waals surface area contributed by atoms with Crippen LogP contribution in [0.2, 0.25) is 0 Å². The molecular weight excluding hydrogens is 581 g/mol. The van der Waals surface area contributed by atoms with E-state index in [1.807, 2.05) is 0 Å². The molecule has 2 heterocycles. The van der Waals surface area contributed by atoms with Gasteiger partial charge in [0.2, 0.25) is 5.91 Å². The summed E-state index contributed by atoms with van der Waals surface area (Å²) in [6, 6.07) is -0.561. The molecule has 234 valence electrons. The molecule has 14 heteroatoms. The molecule has 2 N–H and O–H groups in total. The van der Waals surface area contributed by atoms with Crippen molar-refractivity contribution in [2.45, 2.75) is 96.1 Å². The van der Waals surface area contributed by atoms with E-state index < -0.39 is 64.3 Å². The zero-order chi connectivity index (χ0) is 31.7. The molecule has 4 amide bonds. The van der Waals surface area contributed by atoms with E-state index in [1.165, 1.54) is 23.6 Å². The molecule has 2 aliphatic rings. The highest BCUT2D eigenvalue weighted by molar-refractivity contribution is 6.21. The third-order valence-electron chi connectivity index (χ3n) is 7.55. The van der Waals surface area contributed by atoms with E-state index in [1.54, 1.807) is 27.7 Å². The maximum absolute atomic E-state index is 14.5. The Bertz CT molecular complexity index is 1220. The smallest absolute Gasteiger partial charge is 0.417 e. The van der Waals surface area contributed by atoms with Crippen LogP contribution in [0.5, 0.6) is 5.75 Å². The van der Waals surface area contributed by atoms with E-state index in [9.17, 15) is 37.5 Å². The van der Waals surface area contributed by atoms with Gasteiger partial charge in [-0.1, -0.05) is 6.92 Å². The number of benzene rings is 1. The van der Waals surface area contributed by atoms with Gasteiger partial charge in [-0.05, 0) is 59.6 Å². The number of likely N-dealkylation sites (tertiary alicyclic amines) is 1. The number of anilines is 1. The number of carboxylic acid groups (broad SMARTS) is 1. The van der Waals surface area contributed by atoms with Gasteiger partial charge in [0.1, 0.15) is 5.75 Å². The van der Waals surface area contributed by atoms with Crippen molar-refractivity contribution < 1.29 is 42.2 Å². The zero-order valence-corrected chi connectivity index (χ0v) is 25.3. The average molecular weight is 619 g/mol. The molecule has 3 rings (SSSR count). The number of nitrogens with zero attached hydrogens (tertiary/aromatic N) is 3. The number of amides is 4. The largest absolute Gasteiger partial charge is 0.476 e. The first-order chi connectivity index (χ1) is 19.4. The molecule has 0 radical (unpaired) electrons. The van der Waals surface area contributed by atoms with Crippen molar-refractivity contribution in [2.24, 2.45) is 0 Å². The van der Waals surface area contributed by atoms with Crippen LogP contribution in [0.4, 0.5) is 23.7 Å². The Hall–Kier alpha value is -3.22. The fraction of sp³-hybridized carbons (Fsp3) is 0.643. The minimum Gasteiger partial charge on any atom is -0.476 e. The molecule has 3 atom stereocenters. The second-order valence-corrected chi connectivity index (χ2v) is 12.0. The molecule has 1 aromatic carbocycles. The van der Waals surface area contributed by atoms with Crippen LogP contribution in [0.15, 0.2) is 12.1 Å². The minimum atomic E-state index is -4.96. The van der Waals surface area contributed by atoms with E-state index in [4.69, 9.17) is 16.3 Å². The number of alkyl halides is 4. The summed E-state index contributed by atoms with van der Waals surface area (Å²) in [5.41, 5.74) is -3.50. The van der Waals surface area contributed by atoms with Crippen LogP contribution in [0.25, 0.3) is 0 Å². The summed E-state index contributed by atoms with van der Waals surface area (Å²) in [7, 11) is 0. The number of carbonyl (C=O) groups is 4. The number of rotatable bonds is 8. The average Bonchev–Trinajstić information content (AvgIpc) is 2.88. The number of halogens is 4. The molecule has 10 nitrogen and oxygen atoms in total. The first-order valence-electron chi connectivity index (χ1n) is 13.9. The summed E-state index contributed by atoms with van der Waals surface area (Å²) < 4.78 is 49.2. The number of piperidine rings is 1. The van der Waals surface area contributed by atoms with Crippen molar-refractivity contribution in [1.29, 1.82) is 0 Å². The van der Waals surface area contributed by atoms with Gasteiger partial charge in [-0.15, -0.1) is 11.6 Å². The van der Waals surface area contributed by atoms with Gasteiger partial charge in [-0.25, -0.2) is 4.79 Å². The van der Waals surface area contributed by atoms with Gasteiger partial charge >= 0.3 is 12.3 Å². The highest BCUT2D eigenvalue weighted by atomic mass is 35.5. The van der Waals surface area contributed by atoms with Gasteiger partial charge in [0.15, 0.2) is 5.60 Å². The van der Waals surface area contributed by atoms with Gasteiger partial charge in [0.25, 0.3) is 11.8 Å². The summed E-state index contributed by atoms with van der Waals surface area (Å²) in [5, 5.41) is 11.7. The highest BCUT2D eigenvalue weighted by Crippen LogP contribution is 2.44. The van der Waals surface area contributed by atoms with Crippen molar-refractivity contribution in [3.63, 3.8) is 0 Å². The lowest BCUT2D eigenvalue weighted by Crippen LogP contribution is -2.62. The van der Waals surface area contributed by atoms with Gasteiger partial charge in [0, 0.05) is 32.1 Å². The quantitative estimate of drug-likeness (QED) is 0.407. The molecule has 2 aliphatic heterocycles. The van der Waals surface area contributed by atoms with Gasteiger partial charge in [-0.3, -0.25) is 14.4 Å². The molecule has 1 aromatic rings. The number of hydrogen-bond donors (Lipinski definition) is 2. The molecule has 2 unspecified atom stereocenters. The van der Waals surface area contributed by atoms with Crippen LogP contribution in [0.1, 0.15) is 76.7 Å². The summed E-state index contributed by atoms with van der Waals surface area (Å²) in [5.74, 6) is -2.03. The molecule has 0 aromatic heterocycles. The third kappa shape index (κ3) is 6.71. The van der Waals surface area contributed by atoms with Gasteiger partial charge in [-0.2, -0.15) is 13.2 Å². The van der Waals surface area contributed by atoms with Crippen molar-refractivity contribution in [1.82, 2.24) is 15.1 Å². The fourth-order valence-corrected chi connectivity index (χ4v) is 5.97.